The highest BCUT2D eigenvalue weighted by Gasteiger charge is 2.26. The van der Waals surface area contributed by atoms with E-state index in [-0.39, 0.29) is 11.3 Å². The molecule has 2 atom stereocenters. The van der Waals surface area contributed by atoms with Gasteiger partial charge in [-0.25, -0.2) is 0 Å². The molecule has 0 bridgehead atoms. The fraction of sp³-hybridized carbons (Fsp3) is 0.312. The molecule has 1 aromatic carbocycles. The van der Waals surface area contributed by atoms with Crippen LogP contribution in [0.25, 0.3) is 0 Å². The van der Waals surface area contributed by atoms with Crippen molar-refractivity contribution in [3.63, 3.8) is 0 Å². The van der Waals surface area contributed by atoms with Gasteiger partial charge in [0.05, 0.1) is 5.38 Å². The lowest BCUT2D eigenvalue weighted by atomic mass is 9.96. The maximum atomic E-state index is 6.65. The smallest absolute Gasteiger partial charge is 0.166 e. The van der Waals surface area contributed by atoms with E-state index in [0.29, 0.717) is 13.2 Å². The first-order valence-corrected chi connectivity index (χ1v) is 7.14. The normalized spacial score (nSPS) is 16.5. The topological polar surface area (TPSA) is 31.4 Å². The molecule has 3 nitrogen and oxygen atoms in total. The van der Waals surface area contributed by atoms with Gasteiger partial charge in [-0.3, -0.25) is 4.98 Å². The van der Waals surface area contributed by atoms with Crippen LogP contribution in [0.4, 0.5) is 0 Å². The summed E-state index contributed by atoms with van der Waals surface area (Å²) < 4.78 is 11.3. The van der Waals surface area contributed by atoms with Crippen LogP contribution in [0.15, 0.2) is 42.6 Å². The first kappa shape index (κ1) is 13.3. The Morgan fingerprint density at radius 2 is 1.95 bits per heavy atom. The van der Waals surface area contributed by atoms with Crippen molar-refractivity contribution in [1.82, 2.24) is 4.98 Å². The fourth-order valence-electron chi connectivity index (χ4n) is 2.38. The molecule has 0 amide bonds. The van der Waals surface area contributed by atoms with Crippen LogP contribution in [0.2, 0.25) is 0 Å². The number of fused-ring (bicyclic) bond motifs is 1. The lowest BCUT2D eigenvalue weighted by Crippen LogP contribution is -2.17. The van der Waals surface area contributed by atoms with Gasteiger partial charge in [-0.05, 0) is 18.2 Å². The number of hydrogen-bond donors (Lipinski definition) is 0. The van der Waals surface area contributed by atoms with Gasteiger partial charge in [0.2, 0.25) is 0 Å². The van der Waals surface area contributed by atoms with E-state index in [4.69, 9.17) is 21.1 Å². The summed E-state index contributed by atoms with van der Waals surface area (Å²) in [5.74, 6) is 1.63. The fourth-order valence-corrected chi connectivity index (χ4v) is 2.68. The van der Waals surface area contributed by atoms with E-state index < -0.39 is 0 Å². The lowest BCUT2D eigenvalue weighted by Gasteiger charge is -2.25. The highest BCUT2D eigenvalue weighted by Crippen LogP contribution is 2.44. The van der Waals surface area contributed by atoms with Crippen LogP contribution in [0.5, 0.6) is 11.5 Å². The maximum absolute atomic E-state index is 6.65. The van der Waals surface area contributed by atoms with Crippen LogP contribution in [0, 0.1) is 0 Å². The van der Waals surface area contributed by atoms with Crippen molar-refractivity contribution in [2.45, 2.75) is 18.2 Å². The van der Waals surface area contributed by atoms with Crippen molar-refractivity contribution >= 4 is 11.6 Å². The Balaban J connectivity index is 1.93. The standard InChI is InChI=1S/C16H16ClNO2/c1-11(13-6-2-3-8-18-13)15(17)12-5-4-7-14-16(12)20-10-9-19-14/h2-8,11,15H,9-10H2,1H3. The molecule has 0 fully saturated rings. The number of aromatic nitrogens is 1. The third-order valence-electron chi connectivity index (χ3n) is 3.49. The predicted octanol–water partition coefficient (Wildman–Crippen LogP) is 3.94. The zero-order chi connectivity index (χ0) is 13.9. The number of alkyl halides is 1. The van der Waals surface area contributed by atoms with Gasteiger partial charge in [-0.2, -0.15) is 0 Å². The molecule has 2 heterocycles. The summed E-state index contributed by atoms with van der Waals surface area (Å²) in [6.45, 7) is 3.22. The van der Waals surface area contributed by atoms with Gasteiger partial charge in [-0.15, -0.1) is 11.6 Å². The van der Waals surface area contributed by atoms with E-state index in [2.05, 4.69) is 11.9 Å². The van der Waals surface area contributed by atoms with Crippen molar-refractivity contribution in [2.75, 3.05) is 13.2 Å². The number of para-hydroxylation sites is 1. The summed E-state index contributed by atoms with van der Waals surface area (Å²) in [5.41, 5.74) is 1.93. The number of benzene rings is 1. The van der Waals surface area contributed by atoms with E-state index in [1.54, 1.807) is 6.20 Å². The van der Waals surface area contributed by atoms with Crippen LogP contribution < -0.4 is 9.47 Å². The molecule has 0 saturated heterocycles. The van der Waals surface area contributed by atoms with Gasteiger partial charge in [-0.1, -0.05) is 25.1 Å². The number of halogens is 1. The zero-order valence-corrected chi connectivity index (χ0v) is 12.0. The minimum Gasteiger partial charge on any atom is -0.486 e. The monoisotopic (exact) mass is 289 g/mol. The van der Waals surface area contributed by atoms with Crippen molar-refractivity contribution in [1.29, 1.82) is 0 Å². The Labute approximate surface area is 123 Å². The molecule has 1 aliphatic rings. The number of nitrogens with zero attached hydrogens (tertiary/aromatic N) is 1. The molecule has 104 valence electrons. The molecule has 3 rings (SSSR count). The Bertz CT molecular complexity index is 588. The van der Waals surface area contributed by atoms with E-state index in [9.17, 15) is 0 Å². The molecule has 0 radical (unpaired) electrons. The van der Waals surface area contributed by atoms with Crippen LogP contribution in [-0.2, 0) is 0 Å². The quantitative estimate of drug-likeness (QED) is 0.802. The summed E-state index contributed by atoms with van der Waals surface area (Å²) in [6.07, 6.45) is 1.79. The number of pyridine rings is 1. The van der Waals surface area contributed by atoms with Crippen LogP contribution in [0.1, 0.15) is 29.5 Å². The van der Waals surface area contributed by atoms with Crippen molar-refractivity contribution < 1.29 is 9.47 Å². The van der Waals surface area contributed by atoms with Crippen molar-refractivity contribution in [3.8, 4) is 11.5 Å². The van der Waals surface area contributed by atoms with Gasteiger partial charge >= 0.3 is 0 Å². The Hall–Kier alpha value is -1.74. The third-order valence-corrected chi connectivity index (χ3v) is 4.10. The van der Waals surface area contributed by atoms with E-state index in [0.717, 1.165) is 22.8 Å². The number of ether oxygens (including phenoxy) is 2. The molecular weight excluding hydrogens is 274 g/mol. The maximum Gasteiger partial charge on any atom is 0.166 e. The Morgan fingerprint density at radius 3 is 2.75 bits per heavy atom. The zero-order valence-electron chi connectivity index (χ0n) is 11.3. The average Bonchev–Trinajstić information content (AvgIpc) is 2.54. The third kappa shape index (κ3) is 2.46. The average molecular weight is 290 g/mol. The highest BCUT2D eigenvalue weighted by molar-refractivity contribution is 6.21. The Kier molecular flexibility index (Phi) is 3.79. The van der Waals surface area contributed by atoms with Gasteiger partial charge in [0, 0.05) is 23.4 Å². The van der Waals surface area contributed by atoms with Crippen LogP contribution >= 0.6 is 11.6 Å². The molecular formula is C16H16ClNO2. The summed E-state index contributed by atoms with van der Waals surface area (Å²) in [6, 6.07) is 11.7. The minimum atomic E-state index is -0.207. The molecule has 20 heavy (non-hydrogen) atoms. The number of hydrogen-bond acceptors (Lipinski definition) is 3. The van der Waals surface area contributed by atoms with Gasteiger partial charge in [0.1, 0.15) is 13.2 Å². The second kappa shape index (κ2) is 5.71. The minimum absolute atomic E-state index is 0.0925. The van der Waals surface area contributed by atoms with E-state index in [1.807, 2.05) is 36.4 Å². The molecule has 1 aliphatic heterocycles. The van der Waals surface area contributed by atoms with Crippen molar-refractivity contribution in [2.24, 2.45) is 0 Å². The molecule has 0 aliphatic carbocycles. The van der Waals surface area contributed by atoms with E-state index >= 15 is 0 Å². The van der Waals surface area contributed by atoms with Crippen LogP contribution in [0.3, 0.4) is 0 Å². The second-order valence-corrected chi connectivity index (χ2v) is 5.29. The highest BCUT2D eigenvalue weighted by atomic mass is 35.5. The summed E-state index contributed by atoms with van der Waals surface area (Å²) >= 11 is 6.65. The molecule has 0 spiro atoms. The molecule has 0 N–H and O–H groups in total. The Morgan fingerprint density at radius 1 is 1.10 bits per heavy atom. The summed E-state index contributed by atoms with van der Waals surface area (Å²) in [5, 5.41) is -0.207. The van der Waals surface area contributed by atoms with Crippen LogP contribution in [-0.4, -0.2) is 18.2 Å². The second-order valence-electron chi connectivity index (χ2n) is 4.82. The van der Waals surface area contributed by atoms with Gasteiger partial charge < -0.3 is 9.47 Å². The first-order chi connectivity index (χ1) is 9.77. The first-order valence-electron chi connectivity index (χ1n) is 6.71. The van der Waals surface area contributed by atoms with E-state index in [1.165, 1.54) is 0 Å². The van der Waals surface area contributed by atoms with Crippen molar-refractivity contribution in [3.05, 3.63) is 53.9 Å². The molecule has 0 saturated carbocycles. The molecule has 4 heteroatoms. The van der Waals surface area contributed by atoms with Gasteiger partial charge in [0.25, 0.3) is 0 Å². The SMILES string of the molecule is CC(c1ccccn1)C(Cl)c1cccc2c1OCCO2. The molecule has 1 aromatic heterocycles. The molecule has 2 unspecified atom stereocenters. The lowest BCUT2D eigenvalue weighted by molar-refractivity contribution is 0.169. The largest absolute Gasteiger partial charge is 0.486 e. The summed E-state index contributed by atoms with van der Waals surface area (Å²) in [4.78, 5) is 4.38. The number of rotatable bonds is 3. The predicted molar refractivity (Wildman–Crippen MR) is 78.7 cm³/mol. The summed E-state index contributed by atoms with van der Waals surface area (Å²) in [7, 11) is 0. The van der Waals surface area contributed by atoms with Gasteiger partial charge in [0.15, 0.2) is 11.5 Å². The molecule has 2 aromatic rings.